The second kappa shape index (κ2) is 5.38. The molecule has 1 aromatic rings. The summed E-state index contributed by atoms with van der Waals surface area (Å²) in [7, 11) is 1.91. The van der Waals surface area contributed by atoms with Crippen molar-refractivity contribution in [1.29, 1.82) is 0 Å². The first-order valence-electron chi connectivity index (χ1n) is 5.15. The molecule has 0 spiro atoms. The number of hydrogen-bond donors (Lipinski definition) is 1. The number of ether oxygens (including phenoxy) is 1. The van der Waals surface area contributed by atoms with Crippen molar-refractivity contribution >= 4 is 11.6 Å². The fourth-order valence-corrected chi connectivity index (χ4v) is 1.57. The zero-order valence-corrected chi connectivity index (χ0v) is 10.5. The molecule has 0 radical (unpaired) electrons. The van der Waals surface area contributed by atoms with Crippen molar-refractivity contribution < 1.29 is 4.74 Å². The molecule has 3 heteroatoms. The Hall–Kier alpha value is -0.730. The molecule has 0 atom stereocenters. The lowest BCUT2D eigenvalue weighted by Crippen LogP contribution is -2.11. The average molecular weight is 228 g/mol. The normalized spacial score (nSPS) is 10.8. The van der Waals surface area contributed by atoms with Gasteiger partial charge in [-0.25, -0.2) is 0 Å². The molecular weight excluding hydrogens is 210 g/mol. The molecule has 1 rings (SSSR count). The highest BCUT2D eigenvalue weighted by Gasteiger charge is 2.08. The monoisotopic (exact) mass is 227 g/mol. The van der Waals surface area contributed by atoms with Gasteiger partial charge in [0.25, 0.3) is 0 Å². The van der Waals surface area contributed by atoms with Crippen LogP contribution in [0.2, 0.25) is 5.02 Å². The van der Waals surface area contributed by atoms with Crippen LogP contribution in [0.3, 0.4) is 0 Å². The average Bonchev–Trinajstić information content (AvgIpc) is 2.13. The highest BCUT2D eigenvalue weighted by Crippen LogP contribution is 2.27. The summed E-state index contributed by atoms with van der Waals surface area (Å²) in [5.41, 5.74) is 2.15. The van der Waals surface area contributed by atoms with Crippen LogP contribution in [-0.4, -0.2) is 13.2 Å². The number of aryl methyl sites for hydroxylation is 1. The Morgan fingerprint density at radius 3 is 2.60 bits per heavy atom. The molecule has 0 aliphatic heterocycles. The second-order valence-corrected chi connectivity index (χ2v) is 4.31. The first-order valence-corrected chi connectivity index (χ1v) is 5.52. The van der Waals surface area contributed by atoms with Crippen LogP contribution in [0.25, 0.3) is 0 Å². The van der Waals surface area contributed by atoms with Crippen LogP contribution in [0.5, 0.6) is 5.75 Å². The van der Waals surface area contributed by atoms with Crippen LogP contribution in [0, 0.1) is 6.92 Å². The van der Waals surface area contributed by atoms with Crippen molar-refractivity contribution in [1.82, 2.24) is 5.32 Å². The molecule has 1 N–H and O–H groups in total. The zero-order valence-electron chi connectivity index (χ0n) is 9.73. The summed E-state index contributed by atoms with van der Waals surface area (Å²) in [6, 6.07) is 3.96. The van der Waals surface area contributed by atoms with Crippen LogP contribution in [0.15, 0.2) is 12.1 Å². The Morgan fingerprint density at radius 1 is 1.40 bits per heavy atom. The van der Waals surface area contributed by atoms with Crippen molar-refractivity contribution in [2.24, 2.45) is 0 Å². The van der Waals surface area contributed by atoms with E-state index >= 15 is 0 Å². The first kappa shape index (κ1) is 12.3. The molecule has 0 bridgehead atoms. The predicted molar refractivity (Wildman–Crippen MR) is 64.7 cm³/mol. The van der Waals surface area contributed by atoms with Crippen LogP contribution in [-0.2, 0) is 6.54 Å². The van der Waals surface area contributed by atoms with Gasteiger partial charge in [0.1, 0.15) is 5.75 Å². The van der Waals surface area contributed by atoms with Crippen molar-refractivity contribution in [3.05, 3.63) is 28.3 Å². The van der Waals surface area contributed by atoms with Gasteiger partial charge >= 0.3 is 0 Å². The van der Waals surface area contributed by atoms with Gasteiger partial charge in [0.15, 0.2) is 0 Å². The van der Waals surface area contributed by atoms with Crippen LogP contribution < -0.4 is 10.1 Å². The summed E-state index contributed by atoms with van der Waals surface area (Å²) < 4.78 is 5.74. The Labute approximate surface area is 96.6 Å². The fraction of sp³-hybridized carbons (Fsp3) is 0.500. The molecule has 0 aliphatic carbocycles. The summed E-state index contributed by atoms with van der Waals surface area (Å²) in [5, 5.41) is 3.89. The van der Waals surface area contributed by atoms with E-state index in [9.17, 15) is 0 Å². The number of nitrogens with one attached hydrogen (secondary N) is 1. The summed E-state index contributed by atoms with van der Waals surface area (Å²) in [6.45, 7) is 6.79. The summed E-state index contributed by atoms with van der Waals surface area (Å²) in [4.78, 5) is 0. The molecule has 1 aromatic carbocycles. The highest BCUT2D eigenvalue weighted by molar-refractivity contribution is 6.31. The Balaban J connectivity index is 3.04. The lowest BCUT2D eigenvalue weighted by atomic mass is 10.1. The third-order valence-electron chi connectivity index (χ3n) is 2.07. The third kappa shape index (κ3) is 3.40. The molecule has 0 amide bonds. The van der Waals surface area contributed by atoms with Crippen molar-refractivity contribution in [3.63, 3.8) is 0 Å². The van der Waals surface area contributed by atoms with Crippen LogP contribution in [0.4, 0.5) is 0 Å². The second-order valence-electron chi connectivity index (χ2n) is 3.91. The Bertz CT molecular complexity index is 337. The quantitative estimate of drug-likeness (QED) is 0.853. The minimum atomic E-state index is 0.182. The lowest BCUT2D eigenvalue weighted by molar-refractivity contribution is 0.239. The van der Waals surface area contributed by atoms with Crippen molar-refractivity contribution in [2.75, 3.05) is 7.05 Å². The van der Waals surface area contributed by atoms with E-state index in [2.05, 4.69) is 5.32 Å². The molecular formula is C12H18ClNO. The highest BCUT2D eigenvalue weighted by atomic mass is 35.5. The van der Waals surface area contributed by atoms with E-state index in [0.29, 0.717) is 0 Å². The van der Waals surface area contributed by atoms with Gasteiger partial charge in [0, 0.05) is 17.1 Å². The number of benzene rings is 1. The van der Waals surface area contributed by atoms with E-state index in [1.165, 1.54) is 0 Å². The van der Waals surface area contributed by atoms with Gasteiger partial charge in [-0.2, -0.15) is 0 Å². The van der Waals surface area contributed by atoms with Gasteiger partial charge in [-0.3, -0.25) is 0 Å². The lowest BCUT2D eigenvalue weighted by Gasteiger charge is -2.15. The molecule has 84 valence electrons. The third-order valence-corrected chi connectivity index (χ3v) is 2.48. The zero-order chi connectivity index (χ0) is 11.4. The molecule has 2 nitrogen and oxygen atoms in total. The Kier molecular flexibility index (Phi) is 4.43. The molecule has 0 saturated heterocycles. The van der Waals surface area contributed by atoms with Crippen LogP contribution >= 0.6 is 11.6 Å². The molecule has 0 heterocycles. The maximum absolute atomic E-state index is 6.07. The minimum absolute atomic E-state index is 0.182. The molecule has 0 aromatic heterocycles. The SMILES string of the molecule is CNCc1cc(Cl)c(C)cc1OC(C)C. The summed E-state index contributed by atoms with van der Waals surface area (Å²) >= 11 is 6.07. The standard InChI is InChI=1S/C12H18ClNO/c1-8(2)15-12-5-9(3)11(13)6-10(12)7-14-4/h5-6,8,14H,7H2,1-4H3. The topological polar surface area (TPSA) is 21.3 Å². The Morgan fingerprint density at radius 2 is 2.07 bits per heavy atom. The van der Waals surface area contributed by atoms with Gasteiger partial charge in [0.2, 0.25) is 0 Å². The number of hydrogen-bond acceptors (Lipinski definition) is 2. The molecule has 0 unspecified atom stereocenters. The van der Waals surface area contributed by atoms with Gasteiger partial charge in [0.05, 0.1) is 6.10 Å². The molecule has 0 aliphatic rings. The maximum atomic E-state index is 6.07. The van der Waals surface area contributed by atoms with Gasteiger partial charge < -0.3 is 10.1 Å². The van der Waals surface area contributed by atoms with E-state index in [4.69, 9.17) is 16.3 Å². The van der Waals surface area contributed by atoms with E-state index in [1.807, 2.05) is 40.0 Å². The smallest absolute Gasteiger partial charge is 0.124 e. The van der Waals surface area contributed by atoms with Gasteiger partial charge in [-0.15, -0.1) is 0 Å². The van der Waals surface area contributed by atoms with Gasteiger partial charge in [-0.05, 0) is 45.5 Å². The summed E-state index contributed by atoms with van der Waals surface area (Å²) in [6.07, 6.45) is 0.182. The van der Waals surface area contributed by atoms with E-state index in [-0.39, 0.29) is 6.10 Å². The van der Waals surface area contributed by atoms with Crippen molar-refractivity contribution in [3.8, 4) is 5.75 Å². The van der Waals surface area contributed by atoms with E-state index < -0.39 is 0 Å². The largest absolute Gasteiger partial charge is 0.491 e. The predicted octanol–water partition coefficient (Wildman–Crippen LogP) is 3.16. The minimum Gasteiger partial charge on any atom is -0.491 e. The first-order chi connectivity index (χ1) is 7.04. The maximum Gasteiger partial charge on any atom is 0.124 e. The van der Waals surface area contributed by atoms with Crippen LogP contribution in [0.1, 0.15) is 25.0 Å². The molecule has 15 heavy (non-hydrogen) atoms. The van der Waals surface area contributed by atoms with E-state index in [1.54, 1.807) is 0 Å². The summed E-state index contributed by atoms with van der Waals surface area (Å²) in [5.74, 6) is 0.918. The van der Waals surface area contributed by atoms with Crippen molar-refractivity contribution in [2.45, 2.75) is 33.4 Å². The van der Waals surface area contributed by atoms with E-state index in [0.717, 1.165) is 28.4 Å². The molecule has 0 saturated carbocycles. The van der Waals surface area contributed by atoms with Gasteiger partial charge in [-0.1, -0.05) is 11.6 Å². The number of rotatable bonds is 4. The number of halogens is 1. The molecule has 0 fully saturated rings. The fourth-order valence-electron chi connectivity index (χ4n) is 1.39.